The highest BCUT2D eigenvalue weighted by atomic mass is 16.5. The van der Waals surface area contributed by atoms with Crippen molar-refractivity contribution in [1.82, 2.24) is 9.55 Å². The van der Waals surface area contributed by atoms with Gasteiger partial charge in [0.2, 0.25) is 0 Å². The second kappa shape index (κ2) is 13.1. The molecule has 0 saturated heterocycles. The first-order chi connectivity index (χ1) is 12.5. The molecule has 0 aliphatic rings. The van der Waals surface area contributed by atoms with Gasteiger partial charge in [-0.3, -0.25) is 9.78 Å². The van der Waals surface area contributed by atoms with Crippen LogP contribution in [0.25, 0.3) is 0 Å². The number of ether oxygens (including phenoxy) is 1. The molecule has 0 atom stereocenters. The maximum atomic E-state index is 11.5. The number of unbranched alkanes of at least 4 members (excludes halogenated alkanes) is 9. The standard InChI is InChI=1S/C20H32N2O4/c1-17(2)19(24)26-16-12-10-8-6-4-3-5-7-9-11-14-22-15-13-18(23)21-20(22)25/h13,15H,1,3-12,14,16H2,2H3,(H,21,23,25). The van der Waals surface area contributed by atoms with Crippen LogP contribution in [-0.4, -0.2) is 22.1 Å². The lowest BCUT2D eigenvalue weighted by Crippen LogP contribution is -2.28. The van der Waals surface area contributed by atoms with Crippen molar-refractivity contribution in [3.05, 3.63) is 45.3 Å². The van der Waals surface area contributed by atoms with E-state index >= 15 is 0 Å². The van der Waals surface area contributed by atoms with E-state index in [1.165, 1.54) is 44.6 Å². The quantitative estimate of drug-likeness (QED) is 0.311. The fourth-order valence-electron chi connectivity index (χ4n) is 2.71. The number of esters is 1. The summed E-state index contributed by atoms with van der Waals surface area (Å²) in [6.45, 7) is 6.36. The number of aryl methyl sites for hydroxylation is 1. The van der Waals surface area contributed by atoms with Gasteiger partial charge in [0.1, 0.15) is 0 Å². The minimum Gasteiger partial charge on any atom is -0.462 e. The molecule has 1 rings (SSSR count). The summed E-state index contributed by atoms with van der Waals surface area (Å²) in [6.07, 6.45) is 12.9. The van der Waals surface area contributed by atoms with Crippen LogP contribution in [0.1, 0.15) is 71.1 Å². The number of rotatable bonds is 14. The lowest BCUT2D eigenvalue weighted by molar-refractivity contribution is -0.139. The van der Waals surface area contributed by atoms with Gasteiger partial charge in [0.05, 0.1) is 6.61 Å². The van der Waals surface area contributed by atoms with E-state index in [-0.39, 0.29) is 17.2 Å². The normalized spacial score (nSPS) is 10.7. The third kappa shape index (κ3) is 10.0. The number of aromatic nitrogens is 2. The number of nitrogens with zero attached hydrogens (tertiary/aromatic N) is 1. The number of hydrogen-bond acceptors (Lipinski definition) is 4. The zero-order valence-electron chi connectivity index (χ0n) is 15.9. The van der Waals surface area contributed by atoms with Crippen molar-refractivity contribution in [1.29, 1.82) is 0 Å². The zero-order valence-corrected chi connectivity index (χ0v) is 15.9. The Morgan fingerprint density at radius 3 is 2.08 bits per heavy atom. The molecule has 1 N–H and O–H groups in total. The van der Waals surface area contributed by atoms with Gasteiger partial charge in [-0.05, 0) is 19.8 Å². The largest absolute Gasteiger partial charge is 0.462 e. The summed E-state index contributed by atoms with van der Waals surface area (Å²) < 4.78 is 6.60. The van der Waals surface area contributed by atoms with Crippen molar-refractivity contribution in [3.8, 4) is 0 Å². The fraction of sp³-hybridized carbons (Fsp3) is 0.650. The molecule has 146 valence electrons. The molecule has 0 aliphatic heterocycles. The van der Waals surface area contributed by atoms with E-state index in [0.717, 1.165) is 25.7 Å². The molecule has 0 aliphatic carbocycles. The second-order valence-corrected chi connectivity index (χ2v) is 6.76. The first-order valence-corrected chi connectivity index (χ1v) is 9.63. The topological polar surface area (TPSA) is 81.2 Å². The number of hydrogen-bond donors (Lipinski definition) is 1. The van der Waals surface area contributed by atoms with E-state index in [4.69, 9.17) is 4.74 Å². The Labute approximate surface area is 155 Å². The predicted octanol–water partition coefficient (Wildman–Crippen LogP) is 3.56. The Hall–Kier alpha value is -2.11. The number of nitrogens with one attached hydrogen (secondary N) is 1. The van der Waals surface area contributed by atoms with E-state index in [9.17, 15) is 14.4 Å². The Morgan fingerprint density at radius 1 is 1.00 bits per heavy atom. The summed E-state index contributed by atoms with van der Waals surface area (Å²) >= 11 is 0. The molecule has 1 aromatic rings. The molecular formula is C20H32N2O4. The molecule has 0 bridgehead atoms. The van der Waals surface area contributed by atoms with Gasteiger partial charge in [-0.25, -0.2) is 9.59 Å². The first-order valence-electron chi connectivity index (χ1n) is 9.63. The monoisotopic (exact) mass is 364 g/mol. The van der Waals surface area contributed by atoms with Gasteiger partial charge < -0.3 is 9.30 Å². The summed E-state index contributed by atoms with van der Waals surface area (Å²) in [5.41, 5.74) is -0.221. The highest BCUT2D eigenvalue weighted by Gasteiger charge is 2.01. The highest BCUT2D eigenvalue weighted by molar-refractivity contribution is 5.86. The maximum absolute atomic E-state index is 11.5. The average molecular weight is 364 g/mol. The van der Waals surface area contributed by atoms with Gasteiger partial charge in [-0.1, -0.05) is 57.9 Å². The summed E-state index contributed by atoms with van der Waals surface area (Å²) in [5, 5.41) is 0. The zero-order chi connectivity index (χ0) is 19.2. The second-order valence-electron chi connectivity index (χ2n) is 6.76. The van der Waals surface area contributed by atoms with E-state index in [1.54, 1.807) is 17.7 Å². The van der Waals surface area contributed by atoms with Gasteiger partial charge in [0.15, 0.2) is 0 Å². The molecule has 0 aromatic carbocycles. The molecule has 0 amide bonds. The van der Waals surface area contributed by atoms with Gasteiger partial charge in [-0.2, -0.15) is 0 Å². The van der Waals surface area contributed by atoms with E-state index < -0.39 is 0 Å². The Bertz CT molecular complexity index is 660. The third-order valence-electron chi connectivity index (χ3n) is 4.27. The maximum Gasteiger partial charge on any atom is 0.333 e. The third-order valence-corrected chi connectivity index (χ3v) is 4.27. The van der Waals surface area contributed by atoms with Crippen LogP contribution in [0.5, 0.6) is 0 Å². The van der Waals surface area contributed by atoms with Gasteiger partial charge >= 0.3 is 11.7 Å². The van der Waals surface area contributed by atoms with Crippen molar-refractivity contribution in [2.45, 2.75) is 77.7 Å². The molecule has 0 radical (unpaired) electrons. The predicted molar refractivity (Wildman–Crippen MR) is 103 cm³/mol. The molecule has 0 fully saturated rings. The molecule has 0 saturated carbocycles. The van der Waals surface area contributed by atoms with E-state index in [2.05, 4.69) is 11.6 Å². The molecule has 6 heteroatoms. The van der Waals surface area contributed by atoms with Crippen LogP contribution in [0.4, 0.5) is 0 Å². The molecule has 0 spiro atoms. The van der Waals surface area contributed by atoms with Crippen molar-refractivity contribution < 1.29 is 9.53 Å². The molecule has 6 nitrogen and oxygen atoms in total. The molecular weight excluding hydrogens is 332 g/mol. The molecule has 26 heavy (non-hydrogen) atoms. The minimum atomic E-state index is -0.348. The first kappa shape index (κ1) is 21.9. The Balaban J connectivity index is 1.88. The van der Waals surface area contributed by atoms with Crippen LogP contribution < -0.4 is 11.2 Å². The van der Waals surface area contributed by atoms with Crippen molar-refractivity contribution in [2.75, 3.05) is 6.61 Å². The van der Waals surface area contributed by atoms with E-state index in [1.807, 2.05) is 0 Å². The molecule has 0 unspecified atom stereocenters. The molecule has 1 heterocycles. The van der Waals surface area contributed by atoms with Crippen LogP contribution in [0, 0.1) is 0 Å². The van der Waals surface area contributed by atoms with Crippen molar-refractivity contribution in [2.24, 2.45) is 0 Å². The van der Waals surface area contributed by atoms with Crippen LogP contribution in [-0.2, 0) is 16.1 Å². The smallest absolute Gasteiger partial charge is 0.333 e. The van der Waals surface area contributed by atoms with Gasteiger partial charge in [-0.15, -0.1) is 0 Å². The highest BCUT2D eigenvalue weighted by Crippen LogP contribution is 2.11. The number of aromatic amines is 1. The van der Waals surface area contributed by atoms with E-state index in [0.29, 0.717) is 18.7 Å². The van der Waals surface area contributed by atoms with Crippen LogP contribution in [0.2, 0.25) is 0 Å². The van der Waals surface area contributed by atoms with Gasteiger partial charge in [0.25, 0.3) is 5.56 Å². The van der Waals surface area contributed by atoms with Crippen LogP contribution in [0.3, 0.4) is 0 Å². The lowest BCUT2D eigenvalue weighted by Gasteiger charge is -2.05. The average Bonchev–Trinajstić information content (AvgIpc) is 2.60. The summed E-state index contributed by atoms with van der Waals surface area (Å²) in [7, 11) is 0. The fourth-order valence-corrected chi connectivity index (χ4v) is 2.71. The van der Waals surface area contributed by atoms with Gasteiger partial charge in [0, 0.05) is 24.4 Å². The SMILES string of the molecule is C=C(C)C(=O)OCCCCCCCCCCCCn1ccc(=O)[nH]c1=O. The van der Waals surface area contributed by atoms with Crippen LogP contribution in [0.15, 0.2) is 34.0 Å². The van der Waals surface area contributed by atoms with Crippen molar-refractivity contribution >= 4 is 5.97 Å². The summed E-state index contributed by atoms with van der Waals surface area (Å²) in [4.78, 5) is 35.9. The lowest BCUT2D eigenvalue weighted by atomic mass is 10.1. The number of H-pyrrole nitrogens is 1. The van der Waals surface area contributed by atoms with Crippen molar-refractivity contribution in [3.63, 3.8) is 0 Å². The summed E-state index contributed by atoms with van der Waals surface area (Å²) in [5.74, 6) is -0.296. The molecule has 1 aromatic heterocycles. The summed E-state index contributed by atoms with van der Waals surface area (Å²) in [6, 6.07) is 1.38. The Kier molecular flexibility index (Phi) is 11.1. The number of carbonyl (C=O) groups is 1. The number of carbonyl (C=O) groups excluding carboxylic acids is 1. The minimum absolute atomic E-state index is 0.296. The van der Waals surface area contributed by atoms with Crippen LogP contribution >= 0.6 is 0 Å². The Morgan fingerprint density at radius 2 is 1.54 bits per heavy atom.